The zero-order chi connectivity index (χ0) is 31.7. The lowest BCUT2D eigenvalue weighted by Crippen LogP contribution is -2.44. The maximum Gasteiger partial charge on any atom is 0.414 e. The lowest BCUT2D eigenvalue weighted by molar-refractivity contribution is 0.0491. The molecule has 3 amide bonds. The third kappa shape index (κ3) is 9.63. The van der Waals surface area contributed by atoms with Crippen molar-refractivity contribution in [2.24, 2.45) is 4.99 Å². The lowest BCUT2D eigenvalue weighted by atomic mass is 10.0. The Bertz CT molecular complexity index is 1630. The van der Waals surface area contributed by atoms with Gasteiger partial charge in [0, 0.05) is 6.42 Å². The minimum Gasteiger partial charge on any atom is -0.465 e. The van der Waals surface area contributed by atoms with Crippen molar-refractivity contribution >= 4 is 57.3 Å². The molecule has 1 atom stereocenters. The molecule has 0 fully saturated rings. The minimum atomic E-state index is -1.44. The number of aromatic nitrogens is 1. The van der Waals surface area contributed by atoms with Gasteiger partial charge in [-0.05, 0) is 56.2 Å². The second kappa shape index (κ2) is 14.2. The van der Waals surface area contributed by atoms with Crippen molar-refractivity contribution in [3.8, 4) is 0 Å². The van der Waals surface area contributed by atoms with Gasteiger partial charge in [-0.15, -0.1) is 11.3 Å². The van der Waals surface area contributed by atoms with E-state index in [-0.39, 0.29) is 29.8 Å². The molecule has 13 heteroatoms. The van der Waals surface area contributed by atoms with Crippen molar-refractivity contribution in [2.45, 2.75) is 45.4 Å². The van der Waals surface area contributed by atoms with Crippen LogP contribution < -0.4 is 16.0 Å². The lowest BCUT2D eigenvalue weighted by Gasteiger charge is -2.23. The number of thiazole rings is 1. The van der Waals surface area contributed by atoms with E-state index in [2.05, 4.69) is 20.6 Å². The molecule has 3 aromatic carbocycles. The highest BCUT2D eigenvalue weighted by Crippen LogP contribution is 2.24. The van der Waals surface area contributed by atoms with E-state index in [4.69, 9.17) is 9.47 Å². The van der Waals surface area contributed by atoms with Gasteiger partial charge >= 0.3 is 18.3 Å². The summed E-state index contributed by atoms with van der Waals surface area (Å²) in [5, 5.41) is 16.4. The Hall–Kier alpha value is -5.30. The highest BCUT2D eigenvalue weighted by atomic mass is 32.1. The molecule has 4 rings (SSSR count). The number of Topliss-reactive ketones (excluding diaryl/α,β-unsaturated/α-hetero) is 1. The molecule has 0 aliphatic rings. The first-order valence-corrected chi connectivity index (χ1v) is 14.3. The Morgan fingerprint density at radius 3 is 2.23 bits per heavy atom. The fourth-order valence-corrected chi connectivity index (χ4v) is 4.86. The second-order valence-corrected chi connectivity index (χ2v) is 11.5. The number of ketones is 1. The molecule has 0 aliphatic carbocycles. The van der Waals surface area contributed by atoms with Crippen LogP contribution in [0.1, 0.15) is 41.7 Å². The average molecular weight is 618 g/mol. The van der Waals surface area contributed by atoms with E-state index in [0.717, 1.165) is 10.3 Å². The summed E-state index contributed by atoms with van der Waals surface area (Å²) in [5.41, 5.74) is 1.64. The molecule has 228 valence electrons. The van der Waals surface area contributed by atoms with Crippen molar-refractivity contribution < 1.29 is 33.8 Å². The number of hydrogen-bond acceptors (Lipinski definition) is 9. The summed E-state index contributed by atoms with van der Waals surface area (Å²) < 4.78 is 11.4. The van der Waals surface area contributed by atoms with Gasteiger partial charge < -0.3 is 19.9 Å². The molecule has 0 saturated carbocycles. The van der Waals surface area contributed by atoms with Gasteiger partial charge in [-0.25, -0.2) is 24.4 Å². The first-order chi connectivity index (χ1) is 20.9. The number of carbonyl (C=O) groups excluding carboxylic acids is 3. The summed E-state index contributed by atoms with van der Waals surface area (Å²) in [7, 11) is 0. The third-order valence-corrected chi connectivity index (χ3v) is 6.84. The number of hydrogen-bond donors (Lipinski definition) is 4. The van der Waals surface area contributed by atoms with Crippen LogP contribution in [-0.2, 0) is 22.5 Å². The number of benzene rings is 3. The molecule has 1 aromatic heterocycles. The summed E-state index contributed by atoms with van der Waals surface area (Å²) in [6, 6.07) is 21.8. The van der Waals surface area contributed by atoms with Gasteiger partial charge in [0.2, 0.25) is 11.7 Å². The number of fused-ring (bicyclic) bond motifs is 1. The summed E-state index contributed by atoms with van der Waals surface area (Å²) >= 11 is 1.24. The number of alkyl carbamates (subject to hydrolysis) is 2. The second-order valence-electron chi connectivity index (χ2n) is 10.5. The van der Waals surface area contributed by atoms with Crippen molar-refractivity contribution in [1.29, 1.82) is 0 Å². The molecular weight excluding hydrogens is 586 g/mol. The van der Waals surface area contributed by atoms with E-state index in [1.54, 1.807) is 69.3 Å². The molecule has 0 spiro atoms. The van der Waals surface area contributed by atoms with E-state index in [9.17, 15) is 24.3 Å². The van der Waals surface area contributed by atoms with Crippen LogP contribution in [-0.4, -0.2) is 51.8 Å². The molecule has 0 saturated heterocycles. The molecule has 0 radical (unpaired) electrons. The predicted molar refractivity (Wildman–Crippen MR) is 165 cm³/mol. The largest absolute Gasteiger partial charge is 0.465 e. The Balaban J connectivity index is 1.48. The van der Waals surface area contributed by atoms with Crippen molar-refractivity contribution in [1.82, 2.24) is 20.9 Å². The highest BCUT2D eigenvalue weighted by Gasteiger charge is 2.28. The normalized spacial score (nSPS) is 12.2. The molecule has 0 aliphatic heterocycles. The van der Waals surface area contributed by atoms with E-state index in [1.807, 2.05) is 35.6 Å². The number of para-hydroxylation sites is 1. The van der Waals surface area contributed by atoms with Crippen LogP contribution in [0.4, 0.5) is 20.1 Å². The molecular formula is C31H31N5O7S. The fourth-order valence-electron chi connectivity index (χ4n) is 3.90. The van der Waals surface area contributed by atoms with Gasteiger partial charge in [-0.1, -0.05) is 54.6 Å². The number of aliphatic imine (C=N–C) groups is 1. The molecule has 4 N–H and O–H groups in total. The topological polar surface area (TPSA) is 168 Å². The summed E-state index contributed by atoms with van der Waals surface area (Å²) in [6.07, 6.45) is -2.97. The predicted octanol–water partition coefficient (Wildman–Crippen LogP) is 5.80. The van der Waals surface area contributed by atoms with E-state index in [0.29, 0.717) is 16.8 Å². The van der Waals surface area contributed by atoms with Crippen molar-refractivity contribution in [3.63, 3.8) is 0 Å². The van der Waals surface area contributed by atoms with Crippen LogP contribution in [0.5, 0.6) is 0 Å². The van der Waals surface area contributed by atoms with Crippen molar-refractivity contribution in [2.75, 3.05) is 0 Å². The Labute approximate surface area is 257 Å². The maximum absolute atomic E-state index is 13.5. The van der Waals surface area contributed by atoms with Gasteiger partial charge in [0.15, 0.2) is 5.01 Å². The minimum absolute atomic E-state index is 0.0179. The quantitative estimate of drug-likeness (QED) is 0.109. The van der Waals surface area contributed by atoms with Gasteiger partial charge in [0.05, 0.1) is 15.9 Å². The SMILES string of the molecule is CC(C)(C)OC(=O)NC(Cc1ccc(N=C(NC(=O)O)NC(=O)OCc2ccccc2)cc1)C(=O)c1nc2ccccc2s1. The van der Waals surface area contributed by atoms with Crippen LogP contribution in [0.25, 0.3) is 10.2 Å². The van der Waals surface area contributed by atoms with Gasteiger partial charge in [-0.3, -0.25) is 15.4 Å². The number of nitrogens with one attached hydrogen (secondary N) is 3. The number of carboxylic acid groups (broad SMARTS) is 1. The summed E-state index contributed by atoms with van der Waals surface area (Å²) in [5.74, 6) is -0.732. The molecule has 1 heterocycles. The number of amides is 3. The summed E-state index contributed by atoms with van der Waals surface area (Å²) in [6.45, 7) is 5.15. The van der Waals surface area contributed by atoms with Gasteiger partial charge in [0.1, 0.15) is 18.2 Å². The maximum atomic E-state index is 13.5. The summed E-state index contributed by atoms with van der Waals surface area (Å²) in [4.78, 5) is 58.3. The first kappa shape index (κ1) is 31.6. The third-order valence-electron chi connectivity index (χ3n) is 5.79. The molecule has 1 unspecified atom stereocenters. The van der Waals surface area contributed by atoms with E-state index in [1.165, 1.54) is 11.3 Å². The number of nitrogens with zero attached hydrogens (tertiary/aromatic N) is 2. The fraction of sp³-hybridized carbons (Fsp3) is 0.226. The monoisotopic (exact) mass is 617 g/mol. The van der Waals surface area contributed by atoms with Crippen LogP contribution in [0.2, 0.25) is 0 Å². The standard InChI is InChI=1S/C31H31N5O7S/c1-31(2,3)43-30(41)34-23(25(37)26-33-22-11-7-8-12-24(22)44-26)17-19-13-15-21(16-14-19)32-27(35-28(38)39)36-29(40)42-18-20-9-5-4-6-10-20/h4-16,23H,17-18H2,1-3H3,(H,34,41)(H,38,39)(H2,32,35,36,40). The Morgan fingerprint density at radius 1 is 0.886 bits per heavy atom. The molecule has 0 bridgehead atoms. The van der Waals surface area contributed by atoms with Gasteiger partial charge in [0.25, 0.3) is 0 Å². The number of guanidine groups is 1. The molecule has 44 heavy (non-hydrogen) atoms. The Morgan fingerprint density at radius 2 is 1.57 bits per heavy atom. The number of rotatable bonds is 8. The zero-order valence-electron chi connectivity index (χ0n) is 24.2. The zero-order valence-corrected chi connectivity index (χ0v) is 25.0. The Kier molecular flexibility index (Phi) is 10.2. The van der Waals surface area contributed by atoms with Gasteiger partial charge in [-0.2, -0.15) is 0 Å². The smallest absolute Gasteiger partial charge is 0.414 e. The van der Waals surface area contributed by atoms with E-state index < -0.39 is 29.9 Å². The first-order valence-electron chi connectivity index (χ1n) is 13.5. The van der Waals surface area contributed by atoms with Crippen molar-refractivity contribution in [3.05, 3.63) is 95.0 Å². The van der Waals surface area contributed by atoms with Crippen LogP contribution >= 0.6 is 11.3 Å². The number of carbonyl (C=O) groups is 4. The molecule has 12 nitrogen and oxygen atoms in total. The highest BCUT2D eigenvalue weighted by molar-refractivity contribution is 7.20. The van der Waals surface area contributed by atoms with Crippen LogP contribution in [0, 0.1) is 0 Å². The average Bonchev–Trinajstić information content (AvgIpc) is 3.40. The molecule has 4 aromatic rings. The van der Waals surface area contributed by atoms with Crippen LogP contribution in [0.3, 0.4) is 0 Å². The van der Waals surface area contributed by atoms with E-state index >= 15 is 0 Å². The van der Waals surface area contributed by atoms with Crippen LogP contribution in [0.15, 0.2) is 83.9 Å². The number of ether oxygens (including phenoxy) is 2.